The maximum absolute atomic E-state index is 12.3. The van der Waals surface area contributed by atoms with Crippen LogP contribution in [0.25, 0.3) is 0 Å². The summed E-state index contributed by atoms with van der Waals surface area (Å²) >= 11 is 1.65. The van der Waals surface area contributed by atoms with Crippen LogP contribution in [0.2, 0.25) is 0 Å². The molecule has 114 valence electrons. The Hall–Kier alpha value is -0.850. The van der Waals surface area contributed by atoms with Crippen LogP contribution in [0.15, 0.2) is 11.6 Å². The predicted octanol–water partition coefficient (Wildman–Crippen LogP) is 1.59. The topological polar surface area (TPSA) is 62.5 Å². The molecule has 1 fully saturated rings. The van der Waals surface area contributed by atoms with Crippen molar-refractivity contribution in [3.63, 3.8) is 0 Å². The quantitative estimate of drug-likeness (QED) is 0.919. The maximum Gasteiger partial charge on any atom is 0.239 e. The van der Waals surface area contributed by atoms with Gasteiger partial charge in [0.2, 0.25) is 5.91 Å². The Morgan fingerprint density at radius 3 is 2.70 bits per heavy atom. The zero-order valence-electron chi connectivity index (χ0n) is 12.0. The summed E-state index contributed by atoms with van der Waals surface area (Å²) in [6.45, 7) is 7.29. The smallest absolute Gasteiger partial charge is 0.239 e. The first-order valence-electron chi connectivity index (χ1n) is 6.78. The van der Waals surface area contributed by atoms with Gasteiger partial charge in [-0.15, -0.1) is 23.7 Å². The van der Waals surface area contributed by atoms with Crippen molar-refractivity contribution < 1.29 is 4.79 Å². The zero-order chi connectivity index (χ0) is 13.8. The van der Waals surface area contributed by atoms with Gasteiger partial charge in [-0.05, 0) is 12.3 Å². The molecule has 0 bridgehead atoms. The molecule has 1 aromatic heterocycles. The first-order chi connectivity index (χ1) is 9.09. The molecule has 0 spiro atoms. The van der Waals surface area contributed by atoms with Crippen LogP contribution < -0.4 is 10.6 Å². The van der Waals surface area contributed by atoms with Crippen LogP contribution in [0.1, 0.15) is 20.3 Å². The standard InChI is InChI=1S/C13H22N4OS.ClH/c1-10(2)11(14)12(18)16-5-3-6-17(8-7-16)13-15-4-9-19-13;/h4,9-11H,3,5-8,14H2,1-2H3;1H/t11-;/m0./s1. The van der Waals surface area contributed by atoms with Crippen molar-refractivity contribution in [1.29, 1.82) is 0 Å². The second kappa shape index (κ2) is 7.81. The van der Waals surface area contributed by atoms with E-state index in [-0.39, 0.29) is 30.3 Å². The fourth-order valence-electron chi connectivity index (χ4n) is 2.20. The highest BCUT2D eigenvalue weighted by Gasteiger charge is 2.25. The number of aromatic nitrogens is 1. The fraction of sp³-hybridized carbons (Fsp3) is 0.692. The Kier molecular flexibility index (Phi) is 6.71. The Morgan fingerprint density at radius 2 is 2.10 bits per heavy atom. The monoisotopic (exact) mass is 318 g/mol. The molecule has 1 aromatic rings. The van der Waals surface area contributed by atoms with E-state index in [0.717, 1.165) is 37.7 Å². The van der Waals surface area contributed by atoms with Crippen molar-refractivity contribution >= 4 is 34.8 Å². The minimum Gasteiger partial charge on any atom is -0.346 e. The van der Waals surface area contributed by atoms with Crippen molar-refractivity contribution in [2.75, 3.05) is 31.1 Å². The van der Waals surface area contributed by atoms with Crippen molar-refractivity contribution in [3.05, 3.63) is 11.6 Å². The third kappa shape index (κ3) is 4.07. The molecule has 0 aromatic carbocycles. The maximum atomic E-state index is 12.3. The molecule has 0 aliphatic carbocycles. The van der Waals surface area contributed by atoms with Crippen LogP contribution in [0.5, 0.6) is 0 Å². The van der Waals surface area contributed by atoms with E-state index in [4.69, 9.17) is 5.73 Å². The second-order valence-corrected chi connectivity index (χ2v) is 6.12. The summed E-state index contributed by atoms with van der Waals surface area (Å²) in [4.78, 5) is 20.7. The summed E-state index contributed by atoms with van der Waals surface area (Å²) in [6.07, 6.45) is 2.79. The number of nitrogens with zero attached hydrogens (tertiary/aromatic N) is 3. The van der Waals surface area contributed by atoms with Gasteiger partial charge in [0.1, 0.15) is 0 Å². The minimum absolute atomic E-state index is 0. The summed E-state index contributed by atoms with van der Waals surface area (Å²) in [5.41, 5.74) is 5.96. The van der Waals surface area contributed by atoms with Crippen molar-refractivity contribution in [2.24, 2.45) is 11.7 Å². The molecule has 1 aliphatic heterocycles. The summed E-state index contributed by atoms with van der Waals surface area (Å²) in [5.74, 6) is 0.266. The molecule has 1 saturated heterocycles. The highest BCUT2D eigenvalue weighted by atomic mass is 35.5. The first kappa shape index (κ1) is 17.2. The Balaban J connectivity index is 0.00000200. The van der Waals surface area contributed by atoms with Crippen LogP contribution in [0.4, 0.5) is 5.13 Å². The molecule has 1 amide bonds. The van der Waals surface area contributed by atoms with Crippen LogP contribution in [0, 0.1) is 5.92 Å². The Labute approximate surface area is 130 Å². The van der Waals surface area contributed by atoms with Gasteiger partial charge in [0.05, 0.1) is 6.04 Å². The van der Waals surface area contributed by atoms with Crippen LogP contribution >= 0.6 is 23.7 Å². The van der Waals surface area contributed by atoms with Gasteiger partial charge in [0.15, 0.2) is 5.13 Å². The van der Waals surface area contributed by atoms with Crippen LogP contribution in [-0.4, -0.2) is 48.0 Å². The average molecular weight is 319 g/mol. The van der Waals surface area contributed by atoms with Gasteiger partial charge in [-0.2, -0.15) is 0 Å². The van der Waals surface area contributed by atoms with Gasteiger partial charge in [-0.25, -0.2) is 4.98 Å². The molecule has 20 heavy (non-hydrogen) atoms. The van der Waals surface area contributed by atoms with E-state index >= 15 is 0 Å². The largest absolute Gasteiger partial charge is 0.346 e. The number of carbonyl (C=O) groups is 1. The summed E-state index contributed by atoms with van der Waals surface area (Å²) < 4.78 is 0. The molecule has 2 N–H and O–H groups in total. The van der Waals surface area contributed by atoms with Crippen LogP contribution in [0.3, 0.4) is 0 Å². The van der Waals surface area contributed by atoms with Gasteiger partial charge in [-0.1, -0.05) is 13.8 Å². The molecular weight excluding hydrogens is 296 g/mol. The SMILES string of the molecule is CC(C)[C@H](N)C(=O)N1CCCN(c2nccs2)CC1.Cl. The number of nitrogens with two attached hydrogens (primary N) is 1. The van der Waals surface area contributed by atoms with Gasteiger partial charge in [-0.3, -0.25) is 4.79 Å². The van der Waals surface area contributed by atoms with Crippen molar-refractivity contribution in [3.8, 4) is 0 Å². The molecule has 1 atom stereocenters. The molecule has 5 nitrogen and oxygen atoms in total. The third-order valence-electron chi connectivity index (χ3n) is 3.50. The summed E-state index contributed by atoms with van der Waals surface area (Å²) in [6, 6.07) is -0.383. The molecule has 0 saturated carbocycles. The number of carbonyl (C=O) groups excluding carboxylic acids is 1. The average Bonchev–Trinajstić information content (AvgIpc) is 2.81. The lowest BCUT2D eigenvalue weighted by molar-refractivity contribution is -0.133. The van der Waals surface area contributed by atoms with Crippen LogP contribution in [-0.2, 0) is 4.79 Å². The Bertz CT molecular complexity index is 413. The van der Waals surface area contributed by atoms with E-state index in [2.05, 4.69) is 9.88 Å². The number of rotatable bonds is 3. The minimum atomic E-state index is -0.383. The Morgan fingerprint density at radius 1 is 1.35 bits per heavy atom. The number of hydrogen-bond acceptors (Lipinski definition) is 5. The molecule has 0 radical (unpaired) electrons. The molecule has 1 aliphatic rings. The molecular formula is C13H23ClN4OS. The molecule has 2 heterocycles. The van der Waals surface area contributed by atoms with Gasteiger partial charge >= 0.3 is 0 Å². The summed E-state index contributed by atoms with van der Waals surface area (Å²) in [7, 11) is 0. The third-order valence-corrected chi connectivity index (χ3v) is 4.33. The van der Waals surface area contributed by atoms with Gasteiger partial charge < -0.3 is 15.5 Å². The first-order valence-corrected chi connectivity index (χ1v) is 7.66. The lowest BCUT2D eigenvalue weighted by Crippen LogP contribution is -2.47. The lowest BCUT2D eigenvalue weighted by Gasteiger charge is -2.26. The fourth-order valence-corrected chi connectivity index (χ4v) is 2.89. The van der Waals surface area contributed by atoms with E-state index in [1.807, 2.05) is 30.3 Å². The van der Waals surface area contributed by atoms with E-state index in [9.17, 15) is 4.79 Å². The van der Waals surface area contributed by atoms with E-state index in [1.54, 1.807) is 11.3 Å². The number of halogens is 1. The predicted molar refractivity (Wildman–Crippen MR) is 85.6 cm³/mol. The lowest BCUT2D eigenvalue weighted by atomic mass is 10.0. The summed E-state index contributed by atoms with van der Waals surface area (Å²) in [5, 5.41) is 3.03. The zero-order valence-corrected chi connectivity index (χ0v) is 13.6. The number of anilines is 1. The number of thiazole rings is 1. The van der Waals surface area contributed by atoms with E-state index in [1.165, 1.54) is 0 Å². The van der Waals surface area contributed by atoms with Gasteiger partial charge in [0, 0.05) is 37.8 Å². The van der Waals surface area contributed by atoms with Crippen molar-refractivity contribution in [2.45, 2.75) is 26.3 Å². The highest BCUT2D eigenvalue weighted by molar-refractivity contribution is 7.13. The van der Waals surface area contributed by atoms with Gasteiger partial charge in [0.25, 0.3) is 0 Å². The van der Waals surface area contributed by atoms with Crippen molar-refractivity contribution in [1.82, 2.24) is 9.88 Å². The van der Waals surface area contributed by atoms with E-state index < -0.39 is 0 Å². The number of hydrogen-bond donors (Lipinski definition) is 1. The molecule has 7 heteroatoms. The normalized spacial score (nSPS) is 17.6. The molecule has 0 unspecified atom stereocenters. The highest BCUT2D eigenvalue weighted by Crippen LogP contribution is 2.19. The van der Waals surface area contributed by atoms with E-state index in [0.29, 0.717) is 0 Å². The second-order valence-electron chi connectivity index (χ2n) is 5.25. The number of amides is 1. The molecule has 2 rings (SSSR count).